The van der Waals surface area contributed by atoms with Crippen LogP contribution >= 0.6 is 0 Å². The highest BCUT2D eigenvalue weighted by Crippen LogP contribution is 2.24. The van der Waals surface area contributed by atoms with Gasteiger partial charge < -0.3 is 0 Å². The highest BCUT2D eigenvalue weighted by atomic mass is 14.1. The summed E-state index contributed by atoms with van der Waals surface area (Å²) in [4.78, 5) is 0. The van der Waals surface area contributed by atoms with Gasteiger partial charge in [-0.15, -0.1) is 18.9 Å². The zero-order valence-electron chi connectivity index (χ0n) is 23.9. The minimum Gasteiger partial charge on any atom is -0.133 e. The fourth-order valence-electron chi connectivity index (χ4n) is 3.64. The van der Waals surface area contributed by atoms with Gasteiger partial charge in [-0.2, -0.15) is 0 Å². The zero-order valence-corrected chi connectivity index (χ0v) is 23.9. The van der Waals surface area contributed by atoms with Crippen molar-refractivity contribution in [3.8, 4) is 11.1 Å². The van der Waals surface area contributed by atoms with Crippen molar-refractivity contribution in [2.45, 2.75) is 99.3 Å². The van der Waals surface area contributed by atoms with Crippen LogP contribution in [0.15, 0.2) is 97.8 Å². The van der Waals surface area contributed by atoms with E-state index in [-0.39, 0.29) is 0 Å². The number of benzene rings is 2. The van der Waals surface area contributed by atoms with Crippen LogP contribution in [0.5, 0.6) is 0 Å². The average Bonchev–Trinajstić information content (AvgIpc) is 2.90. The monoisotopic (exact) mass is 474 g/mol. The van der Waals surface area contributed by atoms with Crippen LogP contribution in [0.4, 0.5) is 0 Å². The molecule has 0 aliphatic rings. The lowest BCUT2D eigenvalue weighted by atomic mass is 9.90. The van der Waals surface area contributed by atoms with Gasteiger partial charge in [0.15, 0.2) is 0 Å². The molecule has 0 saturated heterocycles. The molecule has 0 heteroatoms. The number of allylic oxidation sites excluding steroid dienone is 3. The molecule has 0 bridgehead atoms. The second-order valence-corrected chi connectivity index (χ2v) is 8.70. The van der Waals surface area contributed by atoms with E-state index in [0.717, 1.165) is 12.3 Å². The van der Waals surface area contributed by atoms with Crippen LogP contribution in [0.2, 0.25) is 0 Å². The summed E-state index contributed by atoms with van der Waals surface area (Å²) in [6.07, 6.45) is 15.4. The molecule has 2 aromatic rings. The minimum absolute atomic E-state index is 0.730. The van der Waals surface area contributed by atoms with Gasteiger partial charge >= 0.3 is 0 Å². The SMILES string of the molecule is C=C.C=C=CCCC.CC/C=C(/CCC)[C@H](C)CCCc1ccc(-c2ccccc2)cc1.CCC. The van der Waals surface area contributed by atoms with E-state index in [2.05, 4.69) is 128 Å². The number of rotatable bonds is 11. The second-order valence-electron chi connectivity index (χ2n) is 8.70. The van der Waals surface area contributed by atoms with Crippen molar-refractivity contribution in [2.24, 2.45) is 5.92 Å². The summed E-state index contributed by atoms with van der Waals surface area (Å²) in [5, 5.41) is 0. The van der Waals surface area contributed by atoms with Crippen LogP contribution in [-0.2, 0) is 6.42 Å². The highest BCUT2D eigenvalue weighted by molar-refractivity contribution is 5.63. The summed E-state index contributed by atoms with van der Waals surface area (Å²) in [5.74, 6) is 0.730. The van der Waals surface area contributed by atoms with Crippen molar-refractivity contribution < 1.29 is 0 Å². The molecular formula is C35H54. The first-order valence-corrected chi connectivity index (χ1v) is 13.7. The molecule has 0 fully saturated rings. The Morgan fingerprint density at radius 1 is 0.857 bits per heavy atom. The molecule has 2 aromatic carbocycles. The van der Waals surface area contributed by atoms with E-state index in [9.17, 15) is 0 Å². The molecule has 0 spiro atoms. The van der Waals surface area contributed by atoms with E-state index in [1.54, 1.807) is 5.57 Å². The van der Waals surface area contributed by atoms with E-state index in [1.807, 2.05) is 6.08 Å². The van der Waals surface area contributed by atoms with Gasteiger partial charge in [-0.05, 0) is 67.2 Å². The maximum Gasteiger partial charge on any atom is -0.0184 e. The van der Waals surface area contributed by atoms with Crippen molar-refractivity contribution in [1.82, 2.24) is 0 Å². The van der Waals surface area contributed by atoms with Crippen LogP contribution in [-0.4, -0.2) is 0 Å². The number of unbranched alkanes of at least 4 members (excludes halogenated alkanes) is 1. The molecule has 2 rings (SSSR count). The van der Waals surface area contributed by atoms with Gasteiger partial charge in [-0.3, -0.25) is 0 Å². The Hall–Kier alpha value is -2.56. The van der Waals surface area contributed by atoms with Crippen LogP contribution in [0, 0.1) is 5.92 Å². The molecule has 0 saturated carbocycles. The maximum absolute atomic E-state index is 3.42. The molecule has 0 aliphatic heterocycles. The van der Waals surface area contributed by atoms with Gasteiger partial charge in [0, 0.05) is 0 Å². The number of aryl methyl sites for hydroxylation is 1. The number of hydrogen-bond donors (Lipinski definition) is 0. The summed E-state index contributed by atoms with van der Waals surface area (Å²) in [6.45, 7) is 22.7. The fourth-order valence-corrected chi connectivity index (χ4v) is 3.64. The maximum atomic E-state index is 3.42. The average molecular weight is 475 g/mol. The quantitative estimate of drug-likeness (QED) is 0.224. The second kappa shape index (κ2) is 26.1. The summed E-state index contributed by atoms with van der Waals surface area (Å²) in [7, 11) is 0. The standard InChI is InChI=1S/C24H32.C6H10.C3H8.C2H4/c1-4-10-22(11-5-2)20(3)12-9-13-21-16-18-24(19-17-21)23-14-7-6-8-15-23;1-3-5-6-4-2;1-3-2;1-2/h6-8,10,14-20H,4-5,9,11-13H2,1-3H3;5H,1,4,6H2,2H3;3H2,1-2H3;1-2H2/b22-10-;;;/t20-;;;/m1.../s1. The van der Waals surface area contributed by atoms with E-state index in [0.29, 0.717) is 0 Å². The minimum atomic E-state index is 0.730. The lowest BCUT2D eigenvalue weighted by molar-refractivity contribution is 0.555. The predicted octanol–water partition coefficient (Wildman–Crippen LogP) is 11.8. The lowest BCUT2D eigenvalue weighted by Gasteiger charge is -2.16. The normalized spacial score (nSPS) is 10.7. The molecule has 0 radical (unpaired) electrons. The van der Waals surface area contributed by atoms with Gasteiger partial charge in [-0.25, -0.2) is 0 Å². The molecule has 194 valence electrons. The van der Waals surface area contributed by atoms with Crippen LogP contribution in [0.3, 0.4) is 0 Å². The van der Waals surface area contributed by atoms with Crippen LogP contribution in [0.25, 0.3) is 11.1 Å². The topological polar surface area (TPSA) is 0 Å². The third-order valence-electron chi connectivity index (χ3n) is 5.38. The summed E-state index contributed by atoms with van der Waals surface area (Å²) < 4.78 is 0. The van der Waals surface area contributed by atoms with Crippen molar-refractivity contribution in [1.29, 1.82) is 0 Å². The summed E-state index contributed by atoms with van der Waals surface area (Å²) >= 11 is 0. The molecule has 0 aliphatic carbocycles. The fraction of sp³-hybridized carbons (Fsp3) is 0.457. The Labute approximate surface area is 219 Å². The molecule has 0 aromatic heterocycles. The van der Waals surface area contributed by atoms with Gasteiger partial charge in [0.1, 0.15) is 0 Å². The van der Waals surface area contributed by atoms with E-state index >= 15 is 0 Å². The molecule has 0 heterocycles. The highest BCUT2D eigenvalue weighted by Gasteiger charge is 2.08. The van der Waals surface area contributed by atoms with E-state index in [1.165, 1.54) is 68.1 Å². The zero-order chi connectivity index (χ0) is 26.7. The van der Waals surface area contributed by atoms with Gasteiger partial charge in [0.25, 0.3) is 0 Å². The van der Waals surface area contributed by atoms with Crippen LogP contribution in [0.1, 0.15) is 98.5 Å². The first-order valence-electron chi connectivity index (χ1n) is 13.7. The lowest BCUT2D eigenvalue weighted by Crippen LogP contribution is -2.01. The van der Waals surface area contributed by atoms with Gasteiger partial charge in [-0.1, -0.05) is 134 Å². The molecule has 1 atom stereocenters. The Balaban J connectivity index is 0. The smallest absolute Gasteiger partial charge is 0.0184 e. The Kier molecular flexibility index (Phi) is 25.8. The summed E-state index contributed by atoms with van der Waals surface area (Å²) in [5.41, 5.74) is 8.42. The molecule has 35 heavy (non-hydrogen) atoms. The van der Waals surface area contributed by atoms with Gasteiger partial charge in [0.05, 0.1) is 0 Å². The number of hydrogen-bond acceptors (Lipinski definition) is 0. The Morgan fingerprint density at radius 3 is 1.89 bits per heavy atom. The largest absolute Gasteiger partial charge is 0.133 e. The Morgan fingerprint density at radius 2 is 1.43 bits per heavy atom. The molecule has 0 nitrogen and oxygen atoms in total. The van der Waals surface area contributed by atoms with Crippen molar-refractivity contribution in [3.63, 3.8) is 0 Å². The van der Waals surface area contributed by atoms with Crippen molar-refractivity contribution >= 4 is 0 Å². The summed E-state index contributed by atoms with van der Waals surface area (Å²) in [6, 6.07) is 19.7. The first kappa shape index (κ1) is 34.6. The Bertz CT molecular complexity index is 773. The van der Waals surface area contributed by atoms with E-state index < -0.39 is 0 Å². The van der Waals surface area contributed by atoms with E-state index in [4.69, 9.17) is 0 Å². The predicted molar refractivity (Wildman–Crippen MR) is 163 cm³/mol. The first-order chi connectivity index (χ1) is 17.1. The van der Waals surface area contributed by atoms with Crippen molar-refractivity contribution in [2.75, 3.05) is 0 Å². The molecular weight excluding hydrogens is 420 g/mol. The van der Waals surface area contributed by atoms with Crippen LogP contribution < -0.4 is 0 Å². The molecule has 0 unspecified atom stereocenters. The third-order valence-corrected chi connectivity index (χ3v) is 5.38. The van der Waals surface area contributed by atoms with Gasteiger partial charge in [0.2, 0.25) is 0 Å². The third kappa shape index (κ3) is 18.4. The van der Waals surface area contributed by atoms with Crippen molar-refractivity contribution in [3.05, 3.63) is 103 Å². The molecule has 0 amide bonds. The molecule has 0 N–H and O–H groups in total.